The van der Waals surface area contributed by atoms with Crippen molar-refractivity contribution in [3.8, 4) is 0 Å². The van der Waals surface area contributed by atoms with Crippen LogP contribution in [0.3, 0.4) is 0 Å². The molecule has 0 spiro atoms. The van der Waals surface area contributed by atoms with Gasteiger partial charge in [-0.2, -0.15) is 11.8 Å². The molecule has 32 heavy (non-hydrogen) atoms. The molecule has 5 amide bonds. The number of carbonyl (C=O) groups is 6. The van der Waals surface area contributed by atoms with Gasteiger partial charge in [-0.1, -0.05) is 0 Å². The van der Waals surface area contributed by atoms with Gasteiger partial charge in [-0.05, 0) is 25.4 Å². The molecule has 0 saturated carbocycles. The molecule has 0 aromatic carbocycles. The monoisotopic (exact) mass is 478 g/mol. The van der Waals surface area contributed by atoms with E-state index in [1.54, 1.807) is 6.26 Å². The van der Waals surface area contributed by atoms with Gasteiger partial charge in [-0.3, -0.25) is 24.0 Å². The highest BCUT2D eigenvalue weighted by molar-refractivity contribution is 7.98. The van der Waals surface area contributed by atoms with E-state index >= 15 is 0 Å². The number of nitrogens with one attached hydrogen (secondary N) is 3. The Hall–Kier alpha value is -2.91. The molecule has 15 heteroatoms. The third-order valence-corrected chi connectivity index (χ3v) is 4.73. The topological polar surface area (TPSA) is 257 Å². The number of aliphatic hydroxyl groups is 1. The number of carboxylic acid groups (broad SMARTS) is 1. The number of hydrogen-bond acceptors (Lipinski definition) is 9. The maximum atomic E-state index is 12.6. The van der Waals surface area contributed by atoms with Crippen molar-refractivity contribution in [2.45, 2.75) is 56.5 Å². The number of thioether (sulfide) groups is 1. The van der Waals surface area contributed by atoms with E-state index in [1.165, 1.54) is 18.7 Å². The number of aliphatic hydroxyl groups excluding tert-OH is 1. The van der Waals surface area contributed by atoms with Gasteiger partial charge >= 0.3 is 5.97 Å². The van der Waals surface area contributed by atoms with Crippen LogP contribution in [0.15, 0.2) is 0 Å². The highest BCUT2D eigenvalue weighted by Gasteiger charge is 2.32. The van der Waals surface area contributed by atoms with Gasteiger partial charge in [0.15, 0.2) is 0 Å². The summed E-state index contributed by atoms with van der Waals surface area (Å²) in [5, 5.41) is 25.7. The Kier molecular flexibility index (Phi) is 12.9. The molecule has 5 unspecified atom stereocenters. The van der Waals surface area contributed by atoms with E-state index in [0.717, 1.165) is 0 Å². The molecule has 182 valence electrons. The van der Waals surface area contributed by atoms with E-state index in [2.05, 4.69) is 16.0 Å². The van der Waals surface area contributed by atoms with Gasteiger partial charge in [0.25, 0.3) is 0 Å². The van der Waals surface area contributed by atoms with E-state index in [9.17, 15) is 33.9 Å². The fourth-order valence-electron chi connectivity index (χ4n) is 2.41. The van der Waals surface area contributed by atoms with Gasteiger partial charge in [0.2, 0.25) is 29.5 Å². The van der Waals surface area contributed by atoms with Gasteiger partial charge in [-0.25, -0.2) is 4.79 Å². The molecule has 0 fully saturated rings. The predicted octanol–water partition coefficient (Wildman–Crippen LogP) is -4.26. The Labute approximate surface area is 188 Å². The van der Waals surface area contributed by atoms with Crippen LogP contribution >= 0.6 is 11.8 Å². The minimum absolute atomic E-state index is 0.0727. The summed E-state index contributed by atoms with van der Waals surface area (Å²) in [5.74, 6) is -5.69. The standard InChI is InChI=1S/C17H30N6O8S/c1-7(24)13(23-14(27)8(18)5-11(19)25)16(29)21-9(3-4-32-2)15(28)22-10(17(30)31)6-12(20)26/h7-10,13,24H,3-6,18H2,1-2H3,(H2,19,25)(H2,20,26)(H,21,29)(H,22,28)(H,23,27)(H,30,31). The lowest BCUT2D eigenvalue weighted by Crippen LogP contribution is -2.60. The lowest BCUT2D eigenvalue weighted by Gasteiger charge is -2.26. The van der Waals surface area contributed by atoms with E-state index in [1.807, 2.05) is 0 Å². The van der Waals surface area contributed by atoms with Gasteiger partial charge in [-0.15, -0.1) is 0 Å². The molecule has 0 heterocycles. The van der Waals surface area contributed by atoms with Gasteiger partial charge in [0, 0.05) is 0 Å². The summed E-state index contributed by atoms with van der Waals surface area (Å²) < 4.78 is 0. The van der Waals surface area contributed by atoms with Crippen molar-refractivity contribution in [1.29, 1.82) is 0 Å². The Morgan fingerprint density at radius 1 is 0.875 bits per heavy atom. The first-order valence-electron chi connectivity index (χ1n) is 9.43. The van der Waals surface area contributed by atoms with Crippen LogP contribution < -0.4 is 33.2 Å². The molecule has 0 aliphatic rings. The third-order valence-electron chi connectivity index (χ3n) is 4.08. The van der Waals surface area contributed by atoms with Crippen molar-refractivity contribution in [2.24, 2.45) is 17.2 Å². The van der Waals surface area contributed by atoms with Gasteiger partial charge in [0.1, 0.15) is 18.1 Å². The number of amides is 5. The van der Waals surface area contributed by atoms with E-state index in [0.29, 0.717) is 5.75 Å². The maximum Gasteiger partial charge on any atom is 0.326 e. The lowest BCUT2D eigenvalue weighted by atomic mass is 10.1. The second-order valence-electron chi connectivity index (χ2n) is 6.92. The Balaban J connectivity index is 5.41. The van der Waals surface area contributed by atoms with Crippen molar-refractivity contribution in [1.82, 2.24) is 16.0 Å². The SMILES string of the molecule is CSCCC(NC(=O)C(NC(=O)C(N)CC(N)=O)C(C)O)C(=O)NC(CC(N)=O)C(=O)O. The van der Waals surface area contributed by atoms with Gasteiger partial charge in [0.05, 0.1) is 25.0 Å². The summed E-state index contributed by atoms with van der Waals surface area (Å²) >= 11 is 1.34. The Bertz CT molecular complexity index is 719. The molecule has 0 saturated heterocycles. The number of carbonyl (C=O) groups excluding carboxylic acids is 5. The molecule has 14 nitrogen and oxygen atoms in total. The first kappa shape index (κ1) is 29.1. The average Bonchev–Trinajstić information content (AvgIpc) is 2.66. The summed E-state index contributed by atoms with van der Waals surface area (Å²) in [4.78, 5) is 70.5. The quantitative estimate of drug-likeness (QED) is 0.112. The zero-order valence-corrected chi connectivity index (χ0v) is 18.5. The van der Waals surface area contributed by atoms with Crippen LogP contribution in [0.5, 0.6) is 0 Å². The third kappa shape index (κ3) is 10.9. The Morgan fingerprint density at radius 2 is 1.41 bits per heavy atom. The fraction of sp³-hybridized carbons (Fsp3) is 0.647. The highest BCUT2D eigenvalue weighted by atomic mass is 32.2. The minimum atomic E-state index is -1.60. The molecule has 0 aromatic heterocycles. The van der Waals surface area contributed by atoms with Crippen molar-refractivity contribution in [3.63, 3.8) is 0 Å². The molecule has 0 rings (SSSR count). The first-order valence-corrected chi connectivity index (χ1v) is 10.8. The molecule has 11 N–H and O–H groups in total. The zero-order valence-electron chi connectivity index (χ0n) is 17.7. The molecular formula is C17H30N6O8S. The number of primary amides is 2. The summed E-state index contributed by atoms with van der Waals surface area (Å²) in [5.41, 5.74) is 15.5. The summed E-state index contributed by atoms with van der Waals surface area (Å²) in [6.45, 7) is 1.20. The smallest absolute Gasteiger partial charge is 0.326 e. The summed E-state index contributed by atoms with van der Waals surface area (Å²) in [7, 11) is 0. The maximum absolute atomic E-state index is 12.6. The van der Waals surface area contributed by atoms with Crippen LogP contribution in [-0.4, -0.2) is 88.0 Å². The van der Waals surface area contributed by atoms with Gasteiger partial charge < -0.3 is 43.4 Å². The Morgan fingerprint density at radius 3 is 1.84 bits per heavy atom. The normalized spacial score (nSPS) is 15.4. The molecule has 0 aromatic rings. The number of carboxylic acids is 1. The van der Waals surface area contributed by atoms with E-state index in [-0.39, 0.29) is 6.42 Å². The first-order chi connectivity index (χ1) is 14.8. The van der Waals surface area contributed by atoms with Crippen LogP contribution in [0, 0.1) is 0 Å². The molecular weight excluding hydrogens is 448 g/mol. The van der Waals surface area contributed by atoms with Crippen molar-refractivity contribution in [2.75, 3.05) is 12.0 Å². The second-order valence-corrected chi connectivity index (χ2v) is 7.90. The number of nitrogens with two attached hydrogens (primary N) is 3. The highest BCUT2D eigenvalue weighted by Crippen LogP contribution is 2.05. The average molecular weight is 479 g/mol. The number of rotatable bonds is 15. The van der Waals surface area contributed by atoms with E-state index in [4.69, 9.17) is 22.3 Å². The van der Waals surface area contributed by atoms with Crippen LogP contribution in [0.1, 0.15) is 26.2 Å². The number of hydrogen-bond donors (Lipinski definition) is 8. The van der Waals surface area contributed by atoms with Crippen LogP contribution in [0.4, 0.5) is 0 Å². The zero-order chi connectivity index (χ0) is 25.0. The molecule has 0 bridgehead atoms. The molecule has 0 aliphatic heterocycles. The van der Waals surface area contributed by atoms with Crippen molar-refractivity contribution in [3.05, 3.63) is 0 Å². The minimum Gasteiger partial charge on any atom is -0.480 e. The lowest BCUT2D eigenvalue weighted by molar-refractivity contribution is -0.144. The predicted molar refractivity (Wildman–Crippen MR) is 114 cm³/mol. The molecule has 0 radical (unpaired) electrons. The van der Waals surface area contributed by atoms with Crippen LogP contribution in [0.25, 0.3) is 0 Å². The summed E-state index contributed by atoms with van der Waals surface area (Å²) in [6, 6.07) is -5.75. The van der Waals surface area contributed by atoms with Crippen molar-refractivity contribution < 1.29 is 39.0 Å². The second kappa shape index (κ2) is 14.2. The summed E-state index contributed by atoms with van der Waals surface area (Å²) in [6.07, 6.45) is -0.749. The number of aliphatic carboxylic acids is 1. The van der Waals surface area contributed by atoms with Crippen LogP contribution in [0.2, 0.25) is 0 Å². The largest absolute Gasteiger partial charge is 0.480 e. The molecule has 5 atom stereocenters. The van der Waals surface area contributed by atoms with E-state index < -0.39 is 78.6 Å². The fourth-order valence-corrected chi connectivity index (χ4v) is 2.89. The van der Waals surface area contributed by atoms with Crippen LogP contribution in [-0.2, 0) is 28.8 Å². The van der Waals surface area contributed by atoms with Crippen molar-refractivity contribution >= 4 is 47.3 Å². The molecule has 0 aliphatic carbocycles.